The van der Waals surface area contributed by atoms with Crippen molar-refractivity contribution in [1.82, 2.24) is 4.90 Å². The fraction of sp³-hybridized carbons (Fsp3) is 0.571. The molecule has 5 heteroatoms. The Labute approximate surface area is 113 Å². The third kappa shape index (κ3) is 3.23. The number of nitro groups is 1. The molecule has 19 heavy (non-hydrogen) atoms. The van der Waals surface area contributed by atoms with Gasteiger partial charge in [0.1, 0.15) is 0 Å². The smallest absolute Gasteiger partial charge is 0.274 e. The second kappa shape index (κ2) is 5.57. The number of benzene rings is 1. The average Bonchev–Trinajstić information content (AvgIpc) is 2.80. The number of nitrogens with zero attached hydrogens (tertiary/aromatic N) is 2. The zero-order valence-electron chi connectivity index (χ0n) is 11.7. The van der Waals surface area contributed by atoms with Crippen LogP contribution in [0.5, 0.6) is 0 Å². The summed E-state index contributed by atoms with van der Waals surface area (Å²) in [5.41, 5.74) is 1.72. The van der Waals surface area contributed by atoms with Crippen LogP contribution >= 0.6 is 0 Å². The molecular weight excluding hydrogens is 242 g/mol. The summed E-state index contributed by atoms with van der Waals surface area (Å²) in [6.45, 7) is 8.23. The van der Waals surface area contributed by atoms with E-state index in [1.807, 2.05) is 6.07 Å². The molecule has 1 aromatic carbocycles. The Morgan fingerprint density at radius 3 is 2.79 bits per heavy atom. The van der Waals surface area contributed by atoms with E-state index >= 15 is 0 Å². The second-order valence-corrected chi connectivity index (χ2v) is 5.48. The molecule has 1 N–H and O–H groups in total. The van der Waals surface area contributed by atoms with Crippen molar-refractivity contribution >= 4 is 11.4 Å². The highest BCUT2D eigenvalue weighted by molar-refractivity contribution is 5.55. The predicted octanol–water partition coefficient (Wildman–Crippen LogP) is 2.80. The fourth-order valence-electron chi connectivity index (χ4n) is 2.51. The van der Waals surface area contributed by atoms with Crippen molar-refractivity contribution in [2.45, 2.75) is 39.3 Å². The Kier molecular flexibility index (Phi) is 4.04. The maximum Gasteiger partial charge on any atom is 0.274 e. The molecule has 1 saturated heterocycles. The van der Waals surface area contributed by atoms with E-state index in [1.165, 1.54) is 0 Å². The van der Waals surface area contributed by atoms with Crippen LogP contribution in [0.3, 0.4) is 0 Å². The van der Waals surface area contributed by atoms with Crippen LogP contribution in [-0.4, -0.2) is 35.0 Å². The topological polar surface area (TPSA) is 58.4 Å². The van der Waals surface area contributed by atoms with Crippen molar-refractivity contribution in [3.05, 3.63) is 33.9 Å². The maximum absolute atomic E-state index is 10.9. The summed E-state index contributed by atoms with van der Waals surface area (Å²) in [7, 11) is 0. The van der Waals surface area contributed by atoms with Crippen molar-refractivity contribution in [2.75, 3.05) is 18.4 Å². The van der Waals surface area contributed by atoms with Gasteiger partial charge in [-0.05, 0) is 33.3 Å². The van der Waals surface area contributed by atoms with Gasteiger partial charge in [0, 0.05) is 42.5 Å². The Morgan fingerprint density at radius 2 is 2.21 bits per heavy atom. The van der Waals surface area contributed by atoms with E-state index in [1.54, 1.807) is 19.1 Å². The molecule has 1 aromatic rings. The Bertz CT molecular complexity index is 474. The number of nitro benzene ring substituents is 1. The SMILES string of the molecule is Cc1ccc(NC2CCN(C(C)C)C2)cc1[N+](=O)[O-]. The van der Waals surface area contributed by atoms with Crippen molar-refractivity contribution in [3.63, 3.8) is 0 Å². The molecule has 1 heterocycles. The number of hydrogen-bond acceptors (Lipinski definition) is 4. The molecule has 0 aliphatic carbocycles. The van der Waals surface area contributed by atoms with E-state index in [9.17, 15) is 10.1 Å². The van der Waals surface area contributed by atoms with Crippen molar-refractivity contribution in [2.24, 2.45) is 0 Å². The number of anilines is 1. The lowest BCUT2D eigenvalue weighted by molar-refractivity contribution is -0.385. The molecule has 0 spiro atoms. The summed E-state index contributed by atoms with van der Waals surface area (Å²) >= 11 is 0. The van der Waals surface area contributed by atoms with Crippen LogP contribution in [-0.2, 0) is 0 Å². The van der Waals surface area contributed by atoms with Crippen LogP contribution in [0.1, 0.15) is 25.8 Å². The van der Waals surface area contributed by atoms with Crippen molar-refractivity contribution in [3.8, 4) is 0 Å². The molecule has 0 amide bonds. The molecular formula is C14H21N3O2. The van der Waals surface area contributed by atoms with Crippen LogP contribution in [0.25, 0.3) is 0 Å². The first-order valence-corrected chi connectivity index (χ1v) is 6.73. The number of rotatable bonds is 4. The highest BCUT2D eigenvalue weighted by atomic mass is 16.6. The molecule has 1 fully saturated rings. The minimum absolute atomic E-state index is 0.184. The van der Waals surface area contributed by atoms with E-state index in [0.29, 0.717) is 17.6 Å². The highest BCUT2D eigenvalue weighted by Gasteiger charge is 2.24. The number of nitrogens with one attached hydrogen (secondary N) is 1. The van der Waals surface area contributed by atoms with Crippen molar-refractivity contribution in [1.29, 1.82) is 0 Å². The van der Waals surface area contributed by atoms with E-state index in [2.05, 4.69) is 24.1 Å². The zero-order chi connectivity index (χ0) is 14.0. The van der Waals surface area contributed by atoms with E-state index in [4.69, 9.17) is 0 Å². The summed E-state index contributed by atoms with van der Waals surface area (Å²) in [4.78, 5) is 13.0. The summed E-state index contributed by atoms with van der Waals surface area (Å²) in [6.07, 6.45) is 1.08. The quantitative estimate of drug-likeness (QED) is 0.670. The van der Waals surface area contributed by atoms with Gasteiger partial charge in [0.05, 0.1) is 4.92 Å². The van der Waals surface area contributed by atoms with Crippen LogP contribution in [0.15, 0.2) is 18.2 Å². The third-order valence-electron chi connectivity index (χ3n) is 3.73. The van der Waals surface area contributed by atoms with Crippen LogP contribution < -0.4 is 5.32 Å². The minimum atomic E-state index is -0.324. The van der Waals surface area contributed by atoms with Crippen LogP contribution in [0.4, 0.5) is 11.4 Å². The number of aryl methyl sites for hydroxylation is 1. The molecule has 0 aromatic heterocycles. The van der Waals surface area contributed by atoms with Gasteiger partial charge in [-0.3, -0.25) is 15.0 Å². The lowest BCUT2D eigenvalue weighted by atomic mass is 10.1. The van der Waals surface area contributed by atoms with Gasteiger partial charge in [-0.25, -0.2) is 0 Å². The van der Waals surface area contributed by atoms with Gasteiger partial charge in [-0.15, -0.1) is 0 Å². The normalized spacial score (nSPS) is 19.9. The van der Waals surface area contributed by atoms with Gasteiger partial charge in [-0.1, -0.05) is 6.07 Å². The van der Waals surface area contributed by atoms with Gasteiger partial charge in [0.15, 0.2) is 0 Å². The monoisotopic (exact) mass is 263 g/mol. The van der Waals surface area contributed by atoms with Gasteiger partial charge in [0.25, 0.3) is 5.69 Å². The summed E-state index contributed by atoms with van der Waals surface area (Å²) in [5.74, 6) is 0. The highest BCUT2D eigenvalue weighted by Crippen LogP contribution is 2.24. The lowest BCUT2D eigenvalue weighted by Gasteiger charge is -2.20. The first kappa shape index (κ1) is 13.8. The predicted molar refractivity (Wildman–Crippen MR) is 76.6 cm³/mol. The van der Waals surface area contributed by atoms with Crippen LogP contribution in [0.2, 0.25) is 0 Å². The standard InChI is InChI=1S/C14H21N3O2/c1-10(2)16-7-6-13(9-16)15-12-5-4-11(3)14(8-12)17(18)19/h4-5,8,10,13,15H,6-7,9H2,1-3H3. The molecule has 2 rings (SSSR count). The number of likely N-dealkylation sites (tertiary alicyclic amines) is 1. The summed E-state index contributed by atoms with van der Waals surface area (Å²) in [6, 6.07) is 6.28. The van der Waals surface area contributed by atoms with Crippen molar-refractivity contribution < 1.29 is 4.92 Å². The first-order valence-electron chi connectivity index (χ1n) is 6.73. The minimum Gasteiger partial charge on any atom is -0.381 e. The number of hydrogen-bond donors (Lipinski definition) is 1. The van der Waals surface area contributed by atoms with E-state index in [0.717, 1.165) is 25.2 Å². The molecule has 0 radical (unpaired) electrons. The largest absolute Gasteiger partial charge is 0.381 e. The lowest BCUT2D eigenvalue weighted by Crippen LogP contribution is -2.31. The molecule has 1 atom stereocenters. The van der Waals surface area contributed by atoms with Crippen LogP contribution in [0, 0.1) is 17.0 Å². The molecule has 1 unspecified atom stereocenters. The fourth-order valence-corrected chi connectivity index (χ4v) is 2.51. The van der Waals surface area contributed by atoms with Gasteiger partial charge in [0.2, 0.25) is 0 Å². The average molecular weight is 263 g/mol. The molecule has 1 aliphatic rings. The summed E-state index contributed by atoms with van der Waals surface area (Å²) < 4.78 is 0. The molecule has 0 saturated carbocycles. The Balaban J connectivity index is 2.04. The van der Waals surface area contributed by atoms with E-state index in [-0.39, 0.29) is 10.6 Å². The van der Waals surface area contributed by atoms with Gasteiger partial charge in [-0.2, -0.15) is 0 Å². The van der Waals surface area contributed by atoms with Gasteiger partial charge < -0.3 is 5.32 Å². The summed E-state index contributed by atoms with van der Waals surface area (Å²) in [5, 5.41) is 14.3. The Morgan fingerprint density at radius 1 is 1.47 bits per heavy atom. The third-order valence-corrected chi connectivity index (χ3v) is 3.73. The molecule has 5 nitrogen and oxygen atoms in total. The van der Waals surface area contributed by atoms with E-state index < -0.39 is 0 Å². The molecule has 1 aliphatic heterocycles. The maximum atomic E-state index is 10.9. The first-order chi connectivity index (χ1) is 8.97. The van der Waals surface area contributed by atoms with Gasteiger partial charge >= 0.3 is 0 Å². The second-order valence-electron chi connectivity index (χ2n) is 5.48. The zero-order valence-corrected chi connectivity index (χ0v) is 11.7. The Hall–Kier alpha value is -1.62. The molecule has 0 bridgehead atoms. The molecule has 104 valence electrons.